The van der Waals surface area contributed by atoms with Gasteiger partial charge in [0.1, 0.15) is 11.7 Å². The van der Waals surface area contributed by atoms with Gasteiger partial charge in [-0.05, 0) is 45.2 Å². The van der Waals surface area contributed by atoms with Crippen LogP contribution in [0.4, 0.5) is 10.1 Å². The smallest absolute Gasteiger partial charge is 0.246 e. The van der Waals surface area contributed by atoms with Crippen molar-refractivity contribution >= 4 is 11.6 Å². The summed E-state index contributed by atoms with van der Waals surface area (Å²) < 4.78 is 17.7. The second kappa shape index (κ2) is 7.09. The van der Waals surface area contributed by atoms with Crippen LogP contribution in [-0.4, -0.2) is 32.5 Å². The first-order valence-electron chi connectivity index (χ1n) is 8.19. The van der Waals surface area contributed by atoms with Gasteiger partial charge in [0.25, 0.3) is 0 Å². The molecule has 0 aliphatic rings. The highest BCUT2D eigenvalue weighted by Gasteiger charge is 2.21. The number of aromatic nitrogens is 4. The molecule has 7 nitrogen and oxygen atoms in total. The zero-order valence-corrected chi connectivity index (χ0v) is 15.1. The van der Waals surface area contributed by atoms with Gasteiger partial charge < -0.3 is 10.6 Å². The number of rotatable bonds is 5. The molecular weight excluding hydrogens is 335 g/mol. The molecule has 0 saturated carbocycles. The number of anilines is 1. The maximum absolute atomic E-state index is 14.5. The van der Waals surface area contributed by atoms with E-state index >= 15 is 0 Å². The molecule has 0 radical (unpaired) electrons. The van der Waals surface area contributed by atoms with Gasteiger partial charge in [-0.25, -0.2) is 9.07 Å². The predicted molar refractivity (Wildman–Crippen MR) is 96.6 cm³/mol. The van der Waals surface area contributed by atoms with Crippen LogP contribution in [0.5, 0.6) is 0 Å². The van der Waals surface area contributed by atoms with E-state index in [2.05, 4.69) is 20.8 Å². The van der Waals surface area contributed by atoms with Crippen LogP contribution < -0.4 is 10.6 Å². The molecule has 0 aliphatic heterocycles. The number of likely N-dealkylation sites (N-methyl/N-ethyl adjacent to an activating group) is 1. The van der Waals surface area contributed by atoms with Gasteiger partial charge in [-0.15, -0.1) is 0 Å². The van der Waals surface area contributed by atoms with E-state index in [-0.39, 0.29) is 5.91 Å². The average molecular weight is 356 g/mol. The third-order valence-electron chi connectivity index (χ3n) is 4.06. The summed E-state index contributed by atoms with van der Waals surface area (Å²) in [5.74, 6) is -0.754. The first-order chi connectivity index (χ1) is 12.4. The van der Waals surface area contributed by atoms with Crippen LogP contribution in [0.3, 0.4) is 0 Å². The Balaban J connectivity index is 1.81. The molecule has 2 aromatic heterocycles. The third-order valence-corrected chi connectivity index (χ3v) is 4.06. The highest BCUT2D eigenvalue weighted by molar-refractivity contribution is 5.95. The number of nitrogens with one attached hydrogen (secondary N) is 2. The molecule has 1 unspecified atom stereocenters. The molecule has 26 heavy (non-hydrogen) atoms. The first-order valence-corrected chi connectivity index (χ1v) is 8.19. The molecule has 1 aromatic carbocycles. The van der Waals surface area contributed by atoms with Gasteiger partial charge in [0.2, 0.25) is 5.91 Å². The van der Waals surface area contributed by atoms with Crippen LogP contribution in [0.2, 0.25) is 0 Å². The largest absolute Gasteiger partial charge is 0.324 e. The molecule has 1 amide bonds. The lowest BCUT2D eigenvalue weighted by molar-refractivity contribution is -0.118. The number of aryl methyl sites for hydroxylation is 3. The summed E-state index contributed by atoms with van der Waals surface area (Å²) in [6.07, 6.45) is 3.38. The van der Waals surface area contributed by atoms with Gasteiger partial charge in [0, 0.05) is 30.2 Å². The van der Waals surface area contributed by atoms with E-state index < -0.39 is 11.9 Å². The van der Waals surface area contributed by atoms with Crippen molar-refractivity contribution in [3.05, 3.63) is 59.4 Å². The fraction of sp³-hybridized carbons (Fsp3) is 0.278. The first kappa shape index (κ1) is 17.8. The van der Waals surface area contributed by atoms with Crippen LogP contribution in [-0.2, 0) is 11.8 Å². The number of carbonyl (C=O) groups is 1. The third kappa shape index (κ3) is 3.50. The van der Waals surface area contributed by atoms with Gasteiger partial charge >= 0.3 is 0 Å². The molecule has 0 bridgehead atoms. The lowest BCUT2D eigenvalue weighted by Crippen LogP contribution is -2.30. The fourth-order valence-corrected chi connectivity index (χ4v) is 2.88. The Morgan fingerprint density at radius 2 is 2.04 bits per heavy atom. The van der Waals surface area contributed by atoms with Gasteiger partial charge in [0.05, 0.1) is 11.9 Å². The Morgan fingerprint density at radius 3 is 2.58 bits per heavy atom. The maximum Gasteiger partial charge on any atom is 0.246 e. The van der Waals surface area contributed by atoms with E-state index in [1.54, 1.807) is 48.0 Å². The Bertz CT molecular complexity index is 945. The average Bonchev–Trinajstić information content (AvgIpc) is 3.14. The monoisotopic (exact) mass is 356 g/mol. The molecule has 0 aliphatic carbocycles. The number of benzene rings is 1. The van der Waals surface area contributed by atoms with Crippen LogP contribution in [0.1, 0.15) is 23.0 Å². The van der Waals surface area contributed by atoms with Crippen LogP contribution >= 0.6 is 0 Å². The van der Waals surface area contributed by atoms with Crippen LogP contribution in [0.25, 0.3) is 5.69 Å². The summed E-state index contributed by atoms with van der Waals surface area (Å²) in [4.78, 5) is 12.5. The van der Waals surface area contributed by atoms with E-state index in [0.717, 1.165) is 17.0 Å². The van der Waals surface area contributed by atoms with Gasteiger partial charge in [-0.2, -0.15) is 10.2 Å². The van der Waals surface area contributed by atoms with Crippen molar-refractivity contribution in [1.82, 2.24) is 24.9 Å². The highest BCUT2D eigenvalue weighted by Crippen LogP contribution is 2.21. The molecule has 8 heteroatoms. The minimum atomic E-state index is -0.581. The van der Waals surface area contributed by atoms with Crippen LogP contribution in [0, 0.1) is 19.7 Å². The SMILES string of the molecule is CNC(C(=O)Nc1ccc(-n2nc(C)cc2C)c(F)c1)c1cnn(C)c1. The number of hydrogen-bond donors (Lipinski definition) is 2. The molecule has 2 heterocycles. The molecule has 3 rings (SSSR count). The Labute approximate surface area is 150 Å². The molecular formula is C18H21FN6O. The van der Waals surface area contributed by atoms with Crippen molar-refractivity contribution in [2.45, 2.75) is 19.9 Å². The number of halogens is 1. The van der Waals surface area contributed by atoms with Crippen molar-refractivity contribution in [3.63, 3.8) is 0 Å². The lowest BCUT2D eigenvalue weighted by Gasteiger charge is -2.15. The highest BCUT2D eigenvalue weighted by atomic mass is 19.1. The van der Waals surface area contributed by atoms with Gasteiger partial charge in [-0.3, -0.25) is 9.48 Å². The molecule has 2 N–H and O–H groups in total. The van der Waals surface area contributed by atoms with Crippen molar-refractivity contribution in [3.8, 4) is 5.69 Å². The Hall–Kier alpha value is -3.00. The summed E-state index contributed by atoms with van der Waals surface area (Å²) in [5, 5.41) is 14.0. The van der Waals surface area contributed by atoms with Crippen molar-refractivity contribution < 1.29 is 9.18 Å². The van der Waals surface area contributed by atoms with E-state index in [1.807, 2.05) is 19.9 Å². The summed E-state index contributed by atoms with van der Waals surface area (Å²) in [6, 6.07) is 5.84. The predicted octanol–water partition coefficient (Wildman–Crippen LogP) is 2.26. The zero-order chi connectivity index (χ0) is 18.8. The topological polar surface area (TPSA) is 76.8 Å². The number of carbonyl (C=O) groups excluding carboxylic acids is 1. The zero-order valence-electron chi connectivity index (χ0n) is 15.1. The molecule has 0 fully saturated rings. The van der Waals surface area contributed by atoms with Gasteiger partial charge in [0.15, 0.2) is 5.82 Å². The second-order valence-corrected chi connectivity index (χ2v) is 6.16. The van der Waals surface area contributed by atoms with Gasteiger partial charge in [-0.1, -0.05) is 0 Å². The number of hydrogen-bond acceptors (Lipinski definition) is 4. The Kier molecular flexibility index (Phi) is 4.85. The standard InChI is InChI=1S/C18H21FN6O/c1-11-7-12(2)25(23-11)16-6-5-14(8-15(16)19)22-18(26)17(20-3)13-9-21-24(4)10-13/h5-10,17,20H,1-4H3,(H,22,26). The van der Waals surface area contributed by atoms with E-state index in [1.165, 1.54) is 6.07 Å². The minimum absolute atomic E-state index is 0.293. The van der Waals surface area contributed by atoms with E-state index in [0.29, 0.717) is 11.4 Å². The van der Waals surface area contributed by atoms with Crippen molar-refractivity contribution in [1.29, 1.82) is 0 Å². The van der Waals surface area contributed by atoms with Crippen LogP contribution in [0.15, 0.2) is 36.7 Å². The molecule has 136 valence electrons. The molecule has 0 saturated heterocycles. The minimum Gasteiger partial charge on any atom is -0.324 e. The van der Waals surface area contributed by atoms with E-state index in [9.17, 15) is 9.18 Å². The quantitative estimate of drug-likeness (QED) is 0.735. The molecule has 3 aromatic rings. The van der Waals surface area contributed by atoms with E-state index in [4.69, 9.17) is 0 Å². The van der Waals surface area contributed by atoms with Crippen molar-refractivity contribution in [2.24, 2.45) is 7.05 Å². The fourth-order valence-electron chi connectivity index (χ4n) is 2.88. The summed E-state index contributed by atoms with van der Waals surface area (Å²) in [5.41, 5.74) is 3.10. The maximum atomic E-state index is 14.5. The summed E-state index contributed by atoms with van der Waals surface area (Å²) >= 11 is 0. The number of amides is 1. The summed E-state index contributed by atoms with van der Waals surface area (Å²) in [6.45, 7) is 3.72. The Morgan fingerprint density at radius 1 is 1.27 bits per heavy atom. The molecule has 1 atom stereocenters. The molecule has 0 spiro atoms. The lowest BCUT2D eigenvalue weighted by atomic mass is 10.1. The normalized spacial score (nSPS) is 12.2. The number of nitrogens with zero attached hydrogens (tertiary/aromatic N) is 4. The second-order valence-electron chi connectivity index (χ2n) is 6.16. The summed E-state index contributed by atoms with van der Waals surface area (Å²) in [7, 11) is 3.46. The van der Waals surface area contributed by atoms with Crippen molar-refractivity contribution in [2.75, 3.05) is 12.4 Å².